The minimum atomic E-state index is -0.496. The molecule has 1 aromatic carbocycles. The van der Waals surface area contributed by atoms with Crippen LogP contribution in [0.2, 0.25) is 0 Å². The second kappa shape index (κ2) is 7.12. The zero-order chi connectivity index (χ0) is 12.7. The minimum absolute atomic E-state index is 0.496. The summed E-state index contributed by atoms with van der Waals surface area (Å²) < 4.78 is 23.3. The summed E-state index contributed by atoms with van der Waals surface area (Å²) in [4.78, 5) is 0. The molecular weight excluding hydrogens is 221 g/mol. The molecule has 0 aliphatic heterocycles. The average molecular weight is 241 g/mol. The molecule has 0 bridgehead atoms. The molecule has 0 saturated heterocycles. The Morgan fingerprint density at radius 3 is 2.47 bits per heavy atom. The summed E-state index contributed by atoms with van der Waals surface area (Å²) in [5.74, 6) is 1.28. The lowest BCUT2D eigenvalue weighted by Gasteiger charge is -2.14. The Bertz CT molecular complexity index is 356. The third-order valence-corrected chi connectivity index (χ3v) is 2.67. The maximum atomic E-state index is 12.7. The predicted octanol–water partition coefficient (Wildman–Crippen LogP) is 2.45. The lowest BCUT2D eigenvalue weighted by molar-refractivity contribution is 0.349. The van der Waals surface area contributed by atoms with Gasteiger partial charge in [0.25, 0.3) is 0 Å². The van der Waals surface area contributed by atoms with Crippen molar-refractivity contribution in [3.05, 3.63) is 23.3 Å². The Balaban J connectivity index is 2.97. The van der Waals surface area contributed by atoms with Gasteiger partial charge in [0.15, 0.2) is 11.5 Å². The van der Waals surface area contributed by atoms with Crippen molar-refractivity contribution in [2.24, 2.45) is 5.73 Å². The Morgan fingerprint density at radius 1 is 1.18 bits per heavy atom. The molecule has 1 aromatic rings. The van der Waals surface area contributed by atoms with Crippen LogP contribution in [0.25, 0.3) is 0 Å². The number of hydrogen-bond donors (Lipinski definition) is 1. The summed E-state index contributed by atoms with van der Waals surface area (Å²) in [5.41, 5.74) is 7.06. The Hall–Kier alpha value is -1.29. The van der Waals surface area contributed by atoms with E-state index in [1.807, 2.05) is 6.07 Å². The molecule has 0 unspecified atom stereocenters. The van der Waals surface area contributed by atoms with E-state index in [0.29, 0.717) is 23.6 Å². The molecule has 0 amide bonds. The van der Waals surface area contributed by atoms with E-state index in [-0.39, 0.29) is 0 Å². The number of rotatable bonds is 7. The molecule has 0 aliphatic rings. The lowest BCUT2D eigenvalue weighted by Crippen LogP contribution is -2.01. The van der Waals surface area contributed by atoms with Crippen LogP contribution >= 0.6 is 0 Å². The van der Waals surface area contributed by atoms with Crippen molar-refractivity contribution in [2.45, 2.75) is 25.9 Å². The molecule has 17 heavy (non-hydrogen) atoms. The summed E-state index contributed by atoms with van der Waals surface area (Å²) in [5, 5.41) is 0. The predicted molar refractivity (Wildman–Crippen MR) is 66.4 cm³/mol. The third kappa shape index (κ3) is 3.60. The molecule has 0 saturated carbocycles. The number of nitrogens with two attached hydrogens (primary N) is 1. The number of methoxy groups -OCH3 is 2. The Labute approximate surface area is 102 Å². The number of aryl methyl sites for hydroxylation is 1. The van der Waals surface area contributed by atoms with Gasteiger partial charge < -0.3 is 15.2 Å². The van der Waals surface area contributed by atoms with Gasteiger partial charge in [0.2, 0.25) is 0 Å². The van der Waals surface area contributed by atoms with Crippen LogP contribution in [0.4, 0.5) is 4.39 Å². The van der Waals surface area contributed by atoms with Crippen molar-refractivity contribution in [3.8, 4) is 11.5 Å². The lowest BCUT2D eigenvalue weighted by atomic mass is 10.0. The number of hydrogen-bond acceptors (Lipinski definition) is 3. The van der Waals surface area contributed by atoms with Gasteiger partial charge in [0, 0.05) is 0 Å². The molecule has 3 nitrogen and oxygen atoms in total. The van der Waals surface area contributed by atoms with Crippen molar-refractivity contribution in [1.82, 2.24) is 0 Å². The quantitative estimate of drug-likeness (QED) is 0.746. The van der Waals surface area contributed by atoms with Gasteiger partial charge in [-0.05, 0) is 49.1 Å². The van der Waals surface area contributed by atoms with Crippen molar-refractivity contribution in [1.29, 1.82) is 0 Å². The summed E-state index contributed by atoms with van der Waals surface area (Å²) in [6.45, 7) is 0.173. The molecule has 0 aliphatic carbocycles. The van der Waals surface area contributed by atoms with E-state index < -0.39 is 6.67 Å². The van der Waals surface area contributed by atoms with Crippen LogP contribution in [0.15, 0.2) is 12.1 Å². The van der Waals surface area contributed by atoms with Gasteiger partial charge in [-0.2, -0.15) is 0 Å². The largest absolute Gasteiger partial charge is 0.493 e. The Morgan fingerprint density at radius 2 is 1.94 bits per heavy atom. The second-order valence-corrected chi connectivity index (χ2v) is 3.87. The second-order valence-electron chi connectivity index (χ2n) is 3.87. The van der Waals surface area contributed by atoms with Gasteiger partial charge in [0.05, 0.1) is 14.2 Å². The molecule has 0 fully saturated rings. The first-order valence-electron chi connectivity index (χ1n) is 5.76. The standard InChI is InChI=1S/C13H20FNO2/c1-16-12-8-10(9-14)7-11(13(12)17-2)5-3-4-6-15/h7-8H,3-6,9,15H2,1-2H3. The molecule has 1 rings (SSSR count). The van der Waals surface area contributed by atoms with Gasteiger partial charge >= 0.3 is 0 Å². The monoisotopic (exact) mass is 241 g/mol. The molecule has 0 atom stereocenters. The van der Waals surface area contributed by atoms with E-state index in [1.165, 1.54) is 0 Å². The maximum absolute atomic E-state index is 12.7. The first-order valence-corrected chi connectivity index (χ1v) is 5.76. The summed E-state index contributed by atoms with van der Waals surface area (Å²) in [7, 11) is 3.16. The van der Waals surface area contributed by atoms with Crippen LogP contribution in [-0.4, -0.2) is 20.8 Å². The number of alkyl halides is 1. The van der Waals surface area contributed by atoms with Crippen LogP contribution in [0.5, 0.6) is 11.5 Å². The highest BCUT2D eigenvalue weighted by molar-refractivity contribution is 5.49. The topological polar surface area (TPSA) is 44.5 Å². The van der Waals surface area contributed by atoms with E-state index in [4.69, 9.17) is 15.2 Å². The van der Waals surface area contributed by atoms with Gasteiger partial charge in [-0.3, -0.25) is 0 Å². The number of halogens is 1. The van der Waals surface area contributed by atoms with E-state index >= 15 is 0 Å². The fourth-order valence-electron chi connectivity index (χ4n) is 1.83. The van der Waals surface area contributed by atoms with Gasteiger partial charge in [0.1, 0.15) is 6.67 Å². The molecule has 2 N–H and O–H groups in total. The van der Waals surface area contributed by atoms with Crippen molar-refractivity contribution >= 4 is 0 Å². The first kappa shape index (κ1) is 13.8. The normalized spacial score (nSPS) is 10.4. The summed E-state index contributed by atoms with van der Waals surface area (Å²) in [6.07, 6.45) is 2.74. The Kier molecular flexibility index (Phi) is 5.77. The van der Waals surface area contributed by atoms with Crippen LogP contribution in [0.3, 0.4) is 0 Å². The highest BCUT2D eigenvalue weighted by Crippen LogP contribution is 2.33. The maximum Gasteiger partial charge on any atom is 0.163 e. The van der Waals surface area contributed by atoms with E-state index in [0.717, 1.165) is 24.8 Å². The average Bonchev–Trinajstić information content (AvgIpc) is 2.37. The van der Waals surface area contributed by atoms with Crippen LogP contribution in [0.1, 0.15) is 24.0 Å². The van der Waals surface area contributed by atoms with Gasteiger partial charge in [-0.15, -0.1) is 0 Å². The van der Waals surface area contributed by atoms with E-state index in [2.05, 4.69) is 0 Å². The van der Waals surface area contributed by atoms with Crippen LogP contribution in [0, 0.1) is 0 Å². The fourth-order valence-corrected chi connectivity index (χ4v) is 1.83. The fraction of sp³-hybridized carbons (Fsp3) is 0.538. The van der Waals surface area contributed by atoms with E-state index in [9.17, 15) is 4.39 Å². The van der Waals surface area contributed by atoms with Gasteiger partial charge in [-0.25, -0.2) is 4.39 Å². The number of unbranched alkanes of at least 4 members (excludes halogenated alkanes) is 1. The molecule has 0 heterocycles. The number of ether oxygens (including phenoxy) is 2. The molecule has 0 radical (unpaired) electrons. The third-order valence-electron chi connectivity index (χ3n) is 2.67. The number of benzene rings is 1. The highest BCUT2D eigenvalue weighted by atomic mass is 19.1. The molecule has 0 spiro atoms. The molecular formula is C13H20FNO2. The van der Waals surface area contributed by atoms with Gasteiger partial charge in [-0.1, -0.05) is 0 Å². The zero-order valence-electron chi connectivity index (χ0n) is 10.5. The minimum Gasteiger partial charge on any atom is -0.493 e. The molecule has 0 aromatic heterocycles. The molecule has 96 valence electrons. The van der Waals surface area contributed by atoms with Crippen molar-refractivity contribution in [2.75, 3.05) is 20.8 Å². The SMILES string of the molecule is COc1cc(CF)cc(CCCCN)c1OC. The molecule has 4 heteroatoms. The zero-order valence-corrected chi connectivity index (χ0v) is 10.5. The first-order chi connectivity index (χ1) is 8.26. The van der Waals surface area contributed by atoms with Crippen LogP contribution < -0.4 is 15.2 Å². The van der Waals surface area contributed by atoms with Crippen molar-refractivity contribution in [3.63, 3.8) is 0 Å². The van der Waals surface area contributed by atoms with Crippen LogP contribution in [-0.2, 0) is 13.1 Å². The highest BCUT2D eigenvalue weighted by Gasteiger charge is 2.12. The smallest absolute Gasteiger partial charge is 0.163 e. The summed E-state index contributed by atoms with van der Waals surface area (Å²) >= 11 is 0. The van der Waals surface area contributed by atoms with Crippen molar-refractivity contribution < 1.29 is 13.9 Å². The summed E-state index contributed by atoms with van der Waals surface area (Å²) in [6, 6.07) is 3.50. The van der Waals surface area contributed by atoms with E-state index in [1.54, 1.807) is 20.3 Å².